The van der Waals surface area contributed by atoms with Crippen molar-refractivity contribution in [2.45, 2.75) is 33.9 Å². The molecule has 0 amide bonds. The first-order chi connectivity index (χ1) is 7.65. The highest BCUT2D eigenvalue weighted by Gasteiger charge is 2.05. The quantitative estimate of drug-likeness (QED) is 0.742. The molecule has 0 aliphatic rings. The van der Waals surface area contributed by atoms with Gasteiger partial charge < -0.3 is 10.6 Å². The third-order valence-electron chi connectivity index (χ3n) is 2.51. The first kappa shape index (κ1) is 13.1. The van der Waals surface area contributed by atoms with Gasteiger partial charge in [-0.05, 0) is 12.5 Å². The van der Waals surface area contributed by atoms with Crippen LogP contribution in [0.5, 0.6) is 0 Å². The first-order valence-corrected chi connectivity index (χ1v) is 5.97. The molecule has 2 N–H and O–H groups in total. The molecule has 1 heterocycles. The number of nitrogens with two attached hydrogens (primary N) is 1. The summed E-state index contributed by atoms with van der Waals surface area (Å²) in [6.07, 6.45) is 1.92. The van der Waals surface area contributed by atoms with Crippen molar-refractivity contribution in [1.82, 2.24) is 19.9 Å². The monoisotopic (exact) mass is 225 g/mol. The standard InChI is InChI=1S/C11H23N5/c1-4-15(8-10(2)3)5-6-16-9-11(7-12)13-14-16/h9-10H,4-8,12H2,1-3H3. The number of hydrogen-bond acceptors (Lipinski definition) is 4. The fourth-order valence-electron chi connectivity index (χ4n) is 1.68. The summed E-state index contributed by atoms with van der Waals surface area (Å²) in [4.78, 5) is 2.43. The number of rotatable bonds is 7. The minimum absolute atomic E-state index is 0.462. The van der Waals surface area contributed by atoms with Crippen molar-refractivity contribution in [3.8, 4) is 0 Å². The van der Waals surface area contributed by atoms with E-state index in [4.69, 9.17) is 5.73 Å². The summed E-state index contributed by atoms with van der Waals surface area (Å²) in [5.74, 6) is 0.704. The molecule has 0 saturated carbocycles. The van der Waals surface area contributed by atoms with E-state index in [2.05, 4.69) is 36.0 Å². The predicted molar refractivity (Wildman–Crippen MR) is 64.9 cm³/mol. The minimum atomic E-state index is 0.462. The van der Waals surface area contributed by atoms with Gasteiger partial charge in [0.2, 0.25) is 0 Å². The maximum atomic E-state index is 5.48. The van der Waals surface area contributed by atoms with Crippen LogP contribution in [0.3, 0.4) is 0 Å². The minimum Gasteiger partial charge on any atom is -0.325 e. The van der Waals surface area contributed by atoms with Crippen LogP contribution in [-0.4, -0.2) is 39.5 Å². The van der Waals surface area contributed by atoms with Gasteiger partial charge in [0.15, 0.2) is 0 Å². The van der Waals surface area contributed by atoms with Crippen molar-refractivity contribution >= 4 is 0 Å². The summed E-state index contributed by atoms with van der Waals surface area (Å²) in [5.41, 5.74) is 6.34. The Bertz CT molecular complexity index is 294. The molecule has 0 fully saturated rings. The Morgan fingerprint density at radius 1 is 1.50 bits per heavy atom. The van der Waals surface area contributed by atoms with Gasteiger partial charge in [-0.15, -0.1) is 5.10 Å². The first-order valence-electron chi connectivity index (χ1n) is 5.97. The molecule has 0 bridgehead atoms. The van der Waals surface area contributed by atoms with E-state index in [9.17, 15) is 0 Å². The Kier molecular flexibility index (Phi) is 5.42. The summed E-state index contributed by atoms with van der Waals surface area (Å²) >= 11 is 0. The van der Waals surface area contributed by atoms with Crippen molar-refractivity contribution in [2.75, 3.05) is 19.6 Å². The molecule has 1 rings (SSSR count). The second-order valence-electron chi connectivity index (χ2n) is 4.46. The molecule has 5 heteroatoms. The molecule has 16 heavy (non-hydrogen) atoms. The molecule has 0 saturated heterocycles. The van der Waals surface area contributed by atoms with E-state index in [-0.39, 0.29) is 0 Å². The van der Waals surface area contributed by atoms with Gasteiger partial charge in [0.05, 0.1) is 12.2 Å². The second kappa shape index (κ2) is 6.60. The van der Waals surface area contributed by atoms with Crippen LogP contribution in [-0.2, 0) is 13.1 Å². The van der Waals surface area contributed by atoms with E-state index in [1.807, 2.05) is 10.9 Å². The predicted octanol–water partition coefficient (Wildman–Crippen LogP) is 0.715. The van der Waals surface area contributed by atoms with Crippen LogP contribution in [0.25, 0.3) is 0 Å². The van der Waals surface area contributed by atoms with Crippen molar-refractivity contribution in [1.29, 1.82) is 0 Å². The summed E-state index contributed by atoms with van der Waals surface area (Å²) in [5, 5.41) is 8.00. The Hall–Kier alpha value is -0.940. The number of nitrogens with zero attached hydrogens (tertiary/aromatic N) is 4. The maximum absolute atomic E-state index is 5.48. The maximum Gasteiger partial charge on any atom is 0.0962 e. The van der Waals surface area contributed by atoms with Gasteiger partial charge in [-0.25, -0.2) is 0 Å². The normalized spacial score (nSPS) is 11.6. The molecule has 0 spiro atoms. The molecular weight excluding hydrogens is 202 g/mol. The molecule has 0 atom stereocenters. The zero-order valence-corrected chi connectivity index (χ0v) is 10.6. The Labute approximate surface area is 97.6 Å². The van der Waals surface area contributed by atoms with E-state index in [0.29, 0.717) is 12.5 Å². The lowest BCUT2D eigenvalue weighted by atomic mass is 10.2. The highest BCUT2D eigenvalue weighted by molar-refractivity contribution is 4.90. The van der Waals surface area contributed by atoms with E-state index >= 15 is 0 Å². The summed E-state index contributed by atoms with van der Waals surface area (Å²) in [6, 6.07) is 0. The number of aromatic nitrogens is 3. The summed E-state index contributed by atoms with van der Waals surface area (Å²) in [7, 11) is 0. The van der Waals surface area contributed by atoms with E-state index in [1.165, 1.54) is 0 Å². The van der Waals surface area contributed by atoms with Crippen LogP contribution >= 0.6 is 0 Å². The van der Waals surface area contributed by atoms with Crippen molar-refractivity contribution in [2.24, 2.45) is 11.7 Å². The molecule has 92 valence electrons. The number of hydrogen-bond donors (Lipinski definition) is 1. The highest BCUT2D eigenvalue weighted by atomic mass is 15.4. The molecule has 0 unspecified atom stereocenters. The molecule has 1 aromatic rings. The Morgan fingerprint density at radius 2 is 2.25 bits per heavy atom. The zero-order chi connectivity index (χ0) is 12.0. The van der Waals surface area contributed by atoms with Crippen molar-refractivity contribution in [3.05, 3.63) is 11.9 Å². The molecule has 0 aromatic carbocycles. The largest absolute Gasteiger partial charge is 0.325 e. The molecule has 0 aliphatic carbocycles. The summed E-state index contributed by atoms with van der Waals surface area (Å²) in [6.45, 7) is 11.2. The molecular formula is C11H23N5. The molecule has 1 aromatic heterocycles. The van der Waals surface area contributed by atoms with Crippen LogP contribution in [0, 0.1) is 5.92 Å². The fourth-order valence-corrected chi connectivity index (χ4v) is 1.68. The topological polar surface area (TPSA) is 60.0 Å². The lowest BCUT2D eigenvalue weighted by Gasteiger charge is -2.22. The van der Waals surface area contributed by atoms with E-state index in [0.717, 1.165) is 31.9 Å². The average molecular weight is 225 g/mol. The Balaban J connectivity index is 2.36. The Morgan fingerprint density at radius 3 is 2.75 bits per heavy atom. The molecule has 0 radical (unpaired) electrons. The van der Waals surface area contributed by atoms with Gasteiger partial charge in [-0.1, -0.05) is 26.0 Å². The van der Waals surface area contributed by atoms with Crippen LogP contribution in [0.1, 0.15) is 26.5 Å². The fraction of sp³-hybridized carbons (Fsp3) is 0.818. The number of likely N-dealkylation sites (N-methyl/N-ethyl adjacent to an activating group) is 1. The van der Waals surface area contributed by atoms with Gasteiger partial charge in [0.1, 0.15) is 0 Å². The van der Waals surface area contributed by atoms with Gasteiger partial charge in [-0.3, -0.25) is 4.68 Å². The third-order valence-corrected chi connectivity index (χ3v) is 2.51. The van der Waals surface area contributed by atoms with E-state index in [1.54, 1.807) is 0 Å². The SMILES string of the molecule is CCN(CCn1cc(CN)nn1)CC(C)C. The lowest BCUT2D eigenvalue weighted by Crippen LogP contribution is -2.31. The van der Waals surface area contributed by atoms with Gasteiger partial charge in [-0.2, -0.15) is 0 Å². The molecule has 5 nitrogen and oxygen atoms in total. The van der Waals surface area contributed by atoms with Crippen molar-refractivity contribution < 1.29 is 0 Å². The summed E-state index contributed by atoms with van der Waals surface area (Å²) < 4.78 is 1.87. The second-order valence-corrected chi connectivity index (χ2v) is 4.46. The smallest absolute Gasteiger partial charge is 0.0962 e. The molecule has 0 aliphatic heterocycles. The van der Waals surface area contributed by atoms with Crippen LogP contribution < -0.4 is 5.73 Å². The lowest BCUT2D eigenvalue weighted by molar-refractivity contribution is 0.242. The van der Waals surface area contributed by atoms with Crippen LogP contribution in [0.15, 0.2) is 6.20 Å². The zero-order valence-electron chi connectivity index (χ0n) is 10.6. The van der Waals surface area contributed by atoms with E-state index < -0.39 is 0 Å². The van der Waals surface area contributed by atoms with Crippen molar-refractivity contribution in [3.63, 3.8) is 0 Å². The van der Waals surface area contributed by atoms with Gasteiger partial charge in [0.25, 0.3) is 0 Å². The average Bonchev–Trinajstić information content (AvgIpc) is 2.71. The van der Waals surface area contributed by atoms with Crippen LogP contribution in [0.2, 0.25) is 0 Å². The highest BCUT2D eigenvalue weighted by Crippen LogP contribution is 1.99. The third kappa shape index (κ3) is 4.28. The van der Waals surface area contributed by atoms with Gasteiger partial charge in [0, 0.05) is 25.8 Å². The van der Waals surface area contributed by atoms with Gasteiger partial charge >= 0.3 is 0 Å². The van der Waals surface area contributed by atoms with Crippen LogP contribution in [0.4, 0.5) is 0 Å².